The van der Waals surface area contributed by atoms with Gasteiger partial charge in [-0.2, -0.15) is 10.2 Å². The number of carbonyl (C=O) groups is 2. The van der Waals surface area contributed by atoms with E-state index in [4.69, 9.17) is 0 Å². The second-order valence-electron chi connectivity index (χ2n) is 6.84. The molecular weight excluding hydrogens is 420 g/mol. The fourth-order valence-electron chi connectivity index (χ4n) is 2.93. The van der Waals surface area contributed by atoms with Gasteiger partial charge in [-0.3, -0.25) is 9.59 Å². The molecule has 0 bridgehead atoms. The molecule has 0 spiro atoms. The number of benzene rings is 3. The minimum absolute atomic E-state index is 0.211. The highest BCUT2D eigenvalue weighted by Crippen LogP contribution is 2.21. The lowest BCUT2D eigenvalue weighted by Crippen LogP contribution is -2.46. The molecule has 0 aliphatic rings. The average Bonchev–Trinajstić information content (AvgIpc) is 3.39. The molecule has 3 aromatic carbocycles. The first kappa shape index (κ1) is 21.1. The van der Waals surface area contributed by atoms with Gasteiger partial charge in [0.2, 0.25) is 5.78 Å². The maximum absolute atomic E-state index is 13.0. The van der Waals surface area contributed by atoms with Crippen LogP contribution in [0.5, 0.6) is 0 Å². The smallest absolute Gasteiger partial charge is 0.253 e. The zero-order valence-corrected chi connectivity index (χ0v) is 17.8. The van der Waals surface area contributed by atoms with Gasteiger partial charge in [-0.1, -0.05) is 42.5 Å². The van der Waals surface area contributed by atoms with Crippen molar-refractivity contribution in [2.75, 3.05) is 5.32 Å². The van der Waals surface area contributed by atoms with E-state index >= 15 is 0 Å². The number of ketones is 1. The van der Waals surface area contributed by atoms with Gasteiger partial charge in [0, 0.05) is 11.3 Å². The number of Topliss-reactive ketones (excluding diaryl/α,β-unsaturated/α-hetero) is 1. The molecule has 158 valence electrons. The predicted octanol–water partition coefficient (Wildman–Crippen LogP) is 6.21. The lowest BCUT2D eigenvalue weighted by molar-refractivity contribution is 0.0871. The minimum Gasteiger partial charge on any atom is -0.359 e. The van der Waals surface area contributed by atoms with Crippen LogP contribution in [0.2, 0.25) is 0 Å². The molecule has 32 heavy (non-hydrogen) atoms. The third-order valence-corrected chi connectivity index (χ3v) is 5.44. The highest BCUT2D eigenvalue weighted by Gasteiger charge is 2.23. The first-order valence-electron chi connectivity index (χ1n) is 9.96. The van der Waals surface area contributed by atoms with E-state index in [-0.39, 0.29) is 11.7 Å². The average molecular weight is 441 g/mol. The van der Waals surface area contributed by atoms with E-state index in [9.17, 15) is 9.59 Å². The Balaban J connectivity index is 1.49. The van der Waals surface area contributed by atoms with Crippen LogP contribution in [0.4, 0.5) is 17.1 Å². The molecule has 0 unspecified atom stereocenters. The van der Waals surface area contributed by atoms with E-state index in [0.717, 1.165) is 5.69 Å². The van der Waals surface area contributed by atoms with Crippen molar-refractivity contribution in [3.63, 3.8) is 0 Å². The fraction of sp³-hybridized carbons (Fsp3) is 0.0400. The Bertz CT molecular complexity index is 1190. The maximum Gasteiger partial charge on any atom is 0.253 e. The number of thiophene rings is 1. The van der Waals surface area contributed by atoms with Crippen LogP contribution in [0.25, 0.3) is 0 Å². The van der Waals surface area contributed by atoms with Gasteiger partial charge in [0.1, 0.15) is 0 Å². The molecule has 0 saturated carbocycles. The first-order chi connectivity index (χ1) is 15.7. The molecule has 0 saturated heterocycles. The zero-order chi connectivity index (χ0) is 22.2. The molecule has 1 atom stereocenters. The van der Waals surface area contributed by atoms with Crippen molar-refractivity contribution in [2.45, 2.75) is 6.17 Å². The molecule has 1 heterocycles. The number of anilines is 1. The van der Waals surface area contributed by atoms with Crippen LogP contribution >= 0.6 is 11.3 Å². The van der Waals surface area contributed by atoms with Crippen LogP contribution in [0, 0.1) is 0 Å². The topological polar surface area (TPSA) is 82.9 Å². The number of rotatable bonds is 8. The van der Waals surface area contributed by atoms with E-state index in [2.05, 4.69) is 20.9 Å². The molecule has 2 N–H and O–H groups in total. The SMILES string of the molecule is O=C(N[C@H](Nc1ccc(N=Nc2ccccc2)cc1)C(=O)c1cccs1)c1ccccc1. The summed E-state index contributed by atoms with van der Waals surface area (Å²) in [5.41, 5.74) is 2.59. The lowest BCUT2D eigenvalue weighted by Gasteiger charge is -2.20. The van der Waals surface area contributed by atoms with Crippen molar-refractivity contribution in [3.05, 3.63) is 113 Å². The lowest BCUT2D eigenvalue weighted by atomic mass is 10.2. The fourth-order valence-corrected chi connectivity index (χ4v) is 3.63. The van der Waals surface area contributed by atoms with Crippen LogP contribution in [0.15, 0.2) is 113 Å². The number of amides is 1. The largest absolute Gasteiger partial charge is 0.359 e. The molecule has 0 aliphatic carbocycles. The number of hydrogen-bond acceptors (Lipinski definition) is 6. The highest BCUT2D eigenvalue weighted by molar-refractivity contribution is 7.12. The Labute approximate surface area is 189 Å². The maximum atomic E-state index is 13.0. The van der Waals surface area contributed by atoms with E-state index in [1.54, 1.807) is 60.7 Å². The molecule has 1 aromatic heterocycles. The molecule has 0 fully saturated rings. The van der Waals surface area contributed by atoms with Gasteiger partial charge in [0.15, 0.2) is 6.17 Å². The summed E-state index contributed by atoms with van der Waals surface area (Å²) >= 11 is 1.33. The van der Waals surface area contributed by atoms with Crippen LogP contribution in [-0.4, -0.2) is 17.9 Å². The molecule has 7 heteroatoms. The van der Waals surface area contributed by atoms with E-state index in [0.29, 0.717) is 21.8 Å². The Morgan fingerprint density at radius 3 is 1.97 bits per heavy atom. The summed E-state index contributed by atoms with van der Waals surface area (Å²) in [7, 11) is 0. The quantitative estimate of drug-likeness (QED) is 0.194. The summed E-state index contributed by atoms with van der Waals surface area (Å²) in [6, 6.07) is 29.0. The molecule has 0 radical (unpaired) electrons. The third kappa shape index (κ3) is 5.53. The zero-order valence-electron chi connectivity index (χ0n) is 17.0. The van der Waals surface area contributed by atoms with Crippen molar-refractivity contribution in [1.29, 1.82) is 0 Å². The van der Waals surface area contributed by atoms with Gasteiger partial charge in [0.25, 0.3) is 5.91 Å². The van der Waals surface area contributed by atoms with Crippen LogP contribution in [-0.2, 0) is 0 Å². The van der Waals surface area contributed by atoms with Crippen LogP contribution in [0.3, 0.4) is 0 Å². The first-order valence-corrected chi connectivity index (χ1v) is 10.8. The molecule has 0 aliphatic heterocycles. The number of nitrogens with zero attached hydrogens (tertiary/aromatic N) is 2. The summed E-state index contributed by atoms with van der Waals surface area (Å²) in [4.78, 5) is 26.2. The predicted molar refractivity (Wildman–Crippen MR) is 127 cm³/mol. The van der Waals surface area contributed by atoms with Crippen molar-refractivity contribution in [2.24, 2.45) is 10.2 Å². The summed E-state index contributed by atoms with van der Waals surface area (Å²) in [5, 5.41) is 16.2. The summed E-state index contributed by atoms with van der Waals surface area (Å²) < 4.78 is 0. The summed E-state index contributed by atoms with van der Waals surface area (Å²) in [5.74, 6) is -0.543. The van der Waals surface area contributed by atoms with E-state index in [1.807, 2.05) is 41.8 Å². The summed E-state index contributed by atoms with van der Waals surface area (Å²) in [6.07, 6.45) is -0.918. The van der Waals surface area contributed by atoms with Gasteiger partial charge in [-0.15, -0.1) is 11.3 Å². The number of hydrogen-bond donors (Lipinski definition) is 2. The molecule has 4 aromatic rings. The highest BCUT2D eigenvalue weighted by atomic mass is 32.1. The molecule has 4 rings (SSSR count). The van der Waals surface area contributed by atoms with Gasteiger partial charge >= 0.3 is 0 Å². The Kier molecular flexibility index (Phi) is 6.79. The standard InChI is InChI=1S/C25H20N4O2S/c30-23(22-12-7-17-32-22)24(27-25(31)18-8-3-1-4-9-18)26-19-13-15-21(16-14-19)29-28-20-10-5-2-6-11-20/h1-17,24,26H,(H,27,31)/t24-/m0/s1. The minimum atomic E-state index is -0.918. The van der Waals surface area contributed by atoms with Gasteiger partial charge < -0.3 is 10.6 Å². The van der Waals surface area contributed by atoms with Gasteiger partial charge in [-0.25, -0.2) is 0 Å². The van der Waals surface area contributed by atoms with Crippen molar-refractivity contribution >= 4 is 40.1 Å². The number of carbonyl (C=O) groups excluding carboxylic acids is 2. The summed E-state index contributed by atoms with van der Waals surface area (Å²) in [6.45, 7) is 0. The number of nitrogens with one attached hydrogen (secondary N) is 2. The second kappa shape index (κ2) is 10.3. The number of azo groups is 1. The molecular formula is C25H20N4O2S. The Hall–Kier alpha value is -4.10. The Morgan fingerprint density at radius 1 is 0.719 bits per heavy atom. The van der Waals surface area contributed by atoms with Gasteiger partial charge in [0.05, 0.1) is 16.3 Å². The molecule has 6 nitrogen and oxygen atoms in total. The van der Waals surface area contributed by atoms with Crippen molar-refractivity contribution in [1.82, 2.24) is 5.32 Å². The monoisotopic (exact) mass is 440 g/mol. The van der Waals surface area contributed by atoms with E-state index < -0.39 is 6.17 Å². The van der Waals surface area contributed by atoms with Crippen LogP contribution in [0.1, 0.15) is 20.0 Å². The Morgan fingerprint density at radius 2 is 1.34 bits per heavy atom. The van der Waals surface area contributed by atoms with Crippen molar-refractivity contribution < 1.29 is 9.59 Å². The normalized spacial score (nSPS) is 11.8. The van der Waals surface area contributed by atoms with Crippen molar-refractivity contribution in [3.8, 4) is 0 Å². The third-order valence-electron chi connectivity index (χ3n) is 4.55. The second-order valence-corrected chi connectivity index (χ2v) is 7.79. The van der Waals surface area contributed by atoms with Gasteiger partial charge in [-0.05, 0) is 60.0 Å². The molecule has 1 amide bonds. The van der Waals surface area contributed by atoms with Crippen LogP contribution < -0.4 is 10.6 Å². The van der Waals surface area contributed by atoms with E-state index in [1.165, 1.54) is 11.3 Å².